The van der Waals surface area contributed by atoms with E-state index in [-0.39, 0.29) is 23.5 Å². The Bertz CT molecular complexity index is 839. The molecule has 0 aromatic heterocycles. The number of benzene rings is 2. The van der Waals surface area contributed by atoms with Crippen molar-refractivity contribution < 1.29 is 13.2 Å². The minimum Gasteiger partial charge on any atom is -0.304 e. The van der Waals surface area contributed by atoms with Crippen LogP contribution in [0.3, 0.4) is 0 Å². The van der Waals surface area contributed by atoms with E-state index in [1.165, 1.54) is 0 Å². The Morgan fingerprint density at radius 3 is 2.17 bits per heavy atom. The highest BCUT2D eigenvalue weighted by Gasteiger charge is 2.36. The molecule has 3 rings (SSSR count). The first kappa shape index (κ1) is 16.7. The monoisotopic (exact) mass is 343 g/mol. The molecule has 0 radical (unpaired) electrons. The molecule has 126 valence electrons. The van der Waals surface area contributed by atoms with Crippen LogP contribution in [0.2, 0.25) is 0 Å². The lowest BCUT2D eigenvalue weighted by Gasteiger charge is -2.31. The Balaban J connectivity index is 2.10. The van der Waals surface area contributed by atoms with Crippen molar-refractivity contribution in [2.75, 3.05) is 16.4 Å². The molecule has 0 saturated carbocycles. The zero-order valence-corrected chi connectivity index (χ0v) is 14.7. The van der Waals surface area contributed by atoms with Gasteiger partial charge in [0.25, 0.3) is 5.91 Å². The molecule has 1 saturated heterocycles. The van der Waals surface area contributed by atoms with Crippen LogP contribution in [-0.4, -0.2) is 31.9 Å². The minimum atomic E-state index is -3.08. The van der Waals surface area contributed by atoms with Crippen LogP contribution in [0.5, 0.6) is 0 Å². The van der Waals surface area contributed by atoms with Crippen molar-refractivity contribution in [2.45, 2.75) is 26.3 Å². The van der Waals surface area contributed by atoms with Crippen LogP contribution in [0, 0.1) is 13.8 Å². The highest BCUT2D eigenvalue weighted by Crippen LogP contribution is 2.31. The smallest absolute Gasteiger partial charge is 0.258 e. The lowest BCUT2D eigenvalue weighted by Crippen LogP contribution is -2.42. The molecule has 0 bridgehead atoms. The Hall–Kier alpha value is -2.14. The number of hydrogen-bond donors (Lipinski definition) is 0. The number of aryl methyl sites for hydroxylation is 2. The molecule has 1 fully saturated rings. The van der Waals surface area contributed by atoms with E-state index in [1.807, 2.05) is 50.2 Å². The second-order valence-corrected chi connectivity index (χ2v) is 8.57. The molecule has 1 atom stereocenters. The Morgan fingerprint density at radius 1 is 1.00 bits per heavy atom. The van der Waals surface area contributed by atoms with E-state index in [2.05, 4.69) is 0 Å². The summed E-state index contributed by atoms with van der Waals surface area (Å²) in [6.07, 6.45) is 0.481. The van der Waals surface area contributed by atoms with E-state index in [1.54, 1.807) is 17.0 Å². The largest absolute Gasteiger partial charge is 0.304 e. The predicted octanol–water partition coefficient (Wildman–Crippen LogP) is 3.14. The van der Waals surface area contributed by atoms with E-state index >= 15 is 0 Å². The maximum Gasteiger partial charge on any atom is 0.258 e. The lowest BCUT2D eigenvalue weighted by molar-refractivity contribution is 0.0978. The third-order valence-corrected chi connectivity index (χ3v) is 6.24. The minimum absolute atomic E-state index is 0.0271. The second kappa shape index (κ2) is 6.40. The van der Waals surface area contributed by atoms with Crippen LogP contribution in [0.4, 0.5) is 5.69 Å². The van der Waals surface area contributed by atoms with Crippen LogP contribution in [0.1, 0.15) is 27.9 Å². The first-order valence-electron chi connectivity index (χ1n) is 8.04. The number of amides is 1. The normalized spacial score (nSPS) is 19.2. The van der Waals surface area contributed by atoms with Crippen LogP contribution >= 0.6 is 0 Å². The summed E-state index contributed by atoms with van der Waals surface area (Å²) < 4.78 is 23.9. The van der Waals surface area contributed by atoms with Gasteiger partial charge in [-0.05, 0) is 43.5 Å². The van der Waals surface area contributed by atoms with Crippen molar-refractivity contribution in [2.24, 2.45) is 0 Å². The molecule has 24 heavy (non-hydrogen) atoms. The molecule has 1 unspecified atom stereocenters. The third-order valence-electron chi connectivity index (χ3n) is 4.49. The number of hydrogen-bond acceptors (Lipinski definition) is 3. The molecule has 1 aliphatic heterocycles. The summed E-state index contributed by atoms with van der Waals surface area (Å²) in [4.78, 5) is 14.9. The number of carbonyl (C=O) groups is 1. The maximum absolute atomic E-state index is 13.2. The molecule has 4 nitrogen and oxygen atoms in total. The molecular weight excluding hydrogens is 322 g/mol. The maximum atomic E-state index is 13.2. The second-order valence-electron chi connectivity index (χ2n) is 6.34. The fourth-order valence-electron chi connectivity index (χ4n) is 3.33. The summed E-state index contributed by atoms with van der Waals surface area (Å²) in [6.45, 7) is 3.91. The van der Waals surface area contributed by atoms with Gasteiger partial charge in [0.2, 0.25) is 0 Å². The van der Waals surface area contributed by atoms with Crippen LogP contribution in [0.15, 0.2) is 48.5 Å². The molecule has 1 heterocycles. The molecule has 0 aliphatic carbocycles. The van der Waals surface area contributed by atoms with Gasteiger partial charge in [-0.15, -0.1) is 0 Å². The molecular formula is C19H21NO3S. The molecule has 2 aromatic rings. The highest BCUT2D eigenvalue weighted by molar-refractivity contribution is 7.91. The van der Waals surface area contributed by atoms with Gasteiger partial charge in [0, 0.05) is 5.56 Å². The molecule has 1 amide bonds. The van der Waals surface area contributed by atoms with E-state index in [9.17, 15) is 13.2 Å². The highest BCUT2D eigenvalue weighted by atomic mass is 32.2. The van der Waals surface area contributed by atoms with Gasteiger partial charge in [0.1, 0.15) is 0 Å². The zero-order chi connectivity index (χ0) is 17.3. The predicted molar refractivity (Wildman–Crippen MR) is 96.2 cm³/mol. The summed E-state index contributed by atoms with van der Waals surface area (Å²) >= 11 is 0. The average molecular weight is 343 g/mol. The fourth-order valence-corrected chi connectivity index (χ4v) is 5.03. The molecule has 2 aromatic carbocycles. The summed E-state index contributed by atoms with van der Waals surface area (Å²) in [7, 11) is -3.08. The van der Waals surface area contributed by atoms with Gasteiger partial charge in [-0.2, -0.15) is 0 Å². The first-order valence-corrected chi connectivity index (χ1v) is 9.86. The van der Waals surface area contributed by atoms with Crippen molar-refractivity contribution in [1.82, 2.24) is 0 Å². The fraction of sp³-hybridized carbons (Fsp3) is 0.316. The van der Waals surface area contributed by atoms with Gasteiger partial charge in [-0.3, -0.25) is 4.79 Å². The van der Waals surface area contributed by atoms with Gasteiger partial charge in [0.05, 0.1) is 23.2 Å². The van der Waals surface area contributed by atoms with Crippen LogP contribution in [0.25, 0.3) is 0 Å². The van der Waals surface area contributed by atoms with Gasteiger partial charge >= 0.3 is 0 Å². The summed E-state index contributed by atoms with van der Waals surface area (Å²) in [5, 5.41) is 0. The van der Waals surface area contributed by atoms with Gasteiger partial charge in [-0.1, -0.05) is 36.4 Å². The SMILES string of the molecule is Cc1cccc(C)c1N(C(=O)c1ccccc1)C1CCS(=O)(=O)C1. The Labute approximate surface area is 143 Å². The van der Waals surface area contributed by atoms with Crippen molar-refractivity contribution in [3.63, 3.8) is 0 Å². The van der Waals surface area contributed by atoms with E-state index in [0.29, 0.717) is 12.0 Å². The lowest BCUT2D eigenvalue weighted by atomic mass is 10.0. The number of rotatable bonds is 3. The van der Waals surface area contributed by atoms with Gasteiger partial charge in [-0.25, -0.2) is 8.42 Å². The Morgan fingerprint density at radius 2 is 1.62 bits per heavy atom. The molecule has 0 spiro atoms. The number of para-hydroxylation sites is 1. The molecule has 0 N–H and O–H groups in total. The standard InChI is InChI=1S/C19H21NO3S/c1-14-7-6-8-15(2)18(14)20(17-11-12-24(22,23)13-17)19(21)16-9-4-3-5-10-16/h3-10,17H,11-13H2,1-2H3. The van der Waals surface area contributed by atoms with Crippen molar-refractivity contribution >= 4 is 21.4 Å². The quantitative estimate of drug-likeness (QED) is 0.860. The third kappa shape index (κ3) is 3.22. The van der Waals surface area contributed by atoms with Crippen LogP contribution < -0.4 is 4.90 Å². The number of anilines is 1. The molecule has 5 heteroatoms. The number of nitrogens with zero attached hydrogens (tertiary/aromatic N) is 1. The summed E-state index contributed by atoms with van der Waals surface area (Å²) in [6, 6.07) is 14.6. The van der Waals surface area contributed by atoms with Crippen molar-refractivity contribution in [3.05, 3.63) is 65.2 Å². The van der Waals surface area contributed by atoms with E-state index in [0.717, 1.165) is 16.8 Å². The average Bonchev–Trinajstić information content (AvgIpc) is 2.91. The van der Waals surface area contributed by atoms with Gasteiger partial charge < -0.3 is 4.90 Å². The van der Waals surface area contributed by atoms with Crippen molar-refractivity contribution in [1.29, 1.82) is 0 Å². The number of sulfone groups is 1. The van der Waals surface area contributed by atoms with Gasteiger partial charge in [0.15, 0.2) is 9.84 Å². The van der Waals surface area contributed by atoms with Crippen molar-refractivity contribution in [3.8, 4) is 0 Å². The number of carbonyl (C=O) groups excluding carboxylic acids is 1. The van der Waals surface area contributed by atoms with E-state index in [4.69, 9.17) is 0 Å². The first-order chi connectivity index (χ1) is 11.4. The zero-order valence-electron chi connectivity index (χ0n) is 13.9. The van der Waals surface area contributed by atoms with E-state index < -0.39 is 9.84 Å². The topological polar surface area (TPSA) is 54.5 Å². The van der Waals surface area contributed by atoms with Crippen LogP contribution in [-0.2, 0) is 9.84 Å². The Kier molecular flexibility index (Phi) is 4.45. The summed E-state index contributed by atoms with van der Waals surface area (Å²) in [5.74, 6) is 0.0237. The molecule has 1 aliphatic rings. The summed E-state index contributed by atoms with van der Waals surface area (Å²) in [5.41, 5.74) is 3.35.